The van der Waals surface area contributed by atoms with E-state index in [1.54, 1.807) is 6.21 Å². The minimum absolute atomic E-state index is 0.463. The summed E-state index contributed by atoms with van der Waals surface area (Å²) >= 11 is 1.42. The molecule has 1 N–H and O–H groups in total. The Bertz CT molecular complexity index is 465. The predicted molar refractivity (Wildman–Crippen MR) is 66.7 cm³/mol. The van der Waals surface area contributed by atoms with Crippen molar-refractivity contribution in [2.45, 2.75) is 11.9 Å². The number of rotatable bonds is 2. The quantitative estimate of drug-likeness (QED) is 0.899. The van der Waals surface area contributed by atoms with Gasteiger partial charge in [-0.15, -0.1) is 0 Å². The summed E-state index contributed by atoms with van der Waals surface area (Å²) in [5, 5.41) is 4.72. The number of hydrazone groups is 1. The lowest BCUT2D eigenvalue weighted by molar-refractivity contribution is -0.137. The maximum atomic E-state index is 12.3. The van der Waals surface area contributed by atoms with Crippen molar-refractivity contribution in [1.29, 1.82) is 0 Å². The molecular formula is C11H10F3N3S. The highest BCUT2D eigenvalue weighted by Gasteiger charge is 2.29. The van der Waals surface area contributed by atoms with Gasteiger partial charge in [-0.2, -0.15) is 18.3 Å². The zero-order chi connectivity index (χ0) is 13.0. The molecule has 0 saturated carbocycles. The largest absolute Gasteiger partial charge is 0.416 e. The standard InChI is InChI=1S/C11H10F3N3S/c12-11(13,14)9-3-1-8(2-4-9)6-18-10-5-15-7-16-17-10/h1-5,16H,6-7H2. The van der Waals surface area contributed by atoms with E-state index in [0.717, 1.165) is 22.7 Å². The molecule has 96 valence electrons. The average Bonchev–Trinajstić information content (AvgIpc) is 2.37. The van der Waals surface area contributed by atoms with Crippen LogP contribution >= 0.6 is 11.8 Å². The Morgan fingerprint density at radius 2 is 1.94 bits per heavy atom. The zero-order valence-corrected chi connectivity index (χ0v) is 10.1. The summed E-state index contributed by atoms with van der Waals surface area (Å²) in [6.45, 7) is 0.463. The average molecular weight is 273 g/mol. The molecule has 1 aliphatic heterocycles. The number of hydrogen-bond acceptors (Lipinski definition) is 4. The summed E-state index contributed by atoms with van der Waals surface area (Å²) in [4.78, 5) is 3.98. The van der Waals surface area contributed by atoms with Gasteiger partial charge in [-0.3, -0.25) is 10.4 Å². The van der Waals surface area contributed by atoms with E-state index >= 15 is 0 Å². The fraction of sp³-hybridized carbons (Fsp3) is 0.273. The van der Waals surface area contributed by atoms with E-state index < -0.39 is 11.7 Å². The molecule has 1 heterocycles. The zero-order valence-electron chi connectivity index (χ0n) is 9.24. The second-order valence-electron chi connectivity index (χ2n) is 3.56. The smallest absolute Gasteiger partial charge is 0.288 e. The van der Waals surface area contributed by atoms with Gasteiger partial charge in [0.25, 0.3) is 0 Å². The van der Waals surface area contributed by atoms with Gasteiger partial charge in [0.05, 0.1) is 11.8 Å². The van der Waals surface area contributed by atoms with E-state index in [4.69, 9.17) is 0 Å². The Balaban J connectivity index is 1.94. The highest BCUT2D eigenvalue weighted by molar-refractivity contribution is 8.14. The van der Waals surface area contributed by atoms with Crippen LogP contribution in [0.1, 0.15) is 11.1 Å². The second-order valence-corrected chi connectivity index (χ2v) is 4.56. The minimum atomic E-state index is -4.28. The predicted octanol–water partition coefficient (Wildman–Crippen LogP) is 2.88. The molecule has 0 bridgehead atoms. The molecule has 0 amide bonds. The Morgan fingerprint density at radius 3 is 2.50 bits per heavy atom. The van der Waals surface area contributed by atoms with Gasteiger partial charge in [0, 0.05) is 5.75 Å². The van der Waals surface area contributed by atoms with Crippen molar-refractivity contribution < 1.29 is 13.2 Å². The minimum Gasteiger partial charge on any atom is -0.288 e. The van der Waals surface area contributed by atoms with Gasteiger partial charge in [-0.05, 0) is 17.7 Å². The molecule has 0 aromatic heterocycles. The van der Waals surface area contributed by atoms with Crippen molar-refractivity contribution in [2.75, 3.05) is 6.67 Å². The third-order valence-corrected chi connectivity index (χ3v) is 3.19. The molecule has 2 rings (SSSR count). The maximum absolute atomic E-state index is 12.3. The first-order valence-electron chi connectivity index (χ1n) is 5.15. The van der Waals surface area contributed by atoms with Crippen LogP contribution in [-0.2, 0) is 11.9 Å². The number of halogens is 3. The van der Waals surface area contributed by atoms with Crippen LogP contribution in [0.4, 0.5) is 13.2 Å². The molecule has 0 aliphatic carbocycles. The fourth-order valence-corrected chi connectivity index (χ4v) is 2.11. The Labute approximate surface area is 106 Å². The molecule has 1 aliphatic rings. The lowest BCUT2D eigenvalue weighted by Crippen LogP contribution is -2.15. The first-order valence-corrected chi connectivity index (χ1v) is 6.13. The molecule has 18 heavy (non-hydrogen) atoms. The Morgan fingerprint density at radius 1 is 1.22 bits per heavy atom. The molecule has 0 unspecified atom stereocenters. The van der Waals surface area contributed by atoms with E-state index in [1.807, 2.05) is 0 Å². The third-order valence-electron chi connectivity index (χ3n) is 2.22. The molecule has 3 nitrogen and oxygen atoms in total. The summed E-state index contributed by atoms with van der Waals surface area (Å²) in [5.41, 5.74) is 2.90. The van der Waals surface area contributed by atoms with Crippen molar-refractivity contribution in [3.63, 3.8) is 0 Å². The summed E-state index contributed by atoms with van der Waals surface area (Å²) in [5.74, 6) is 0.560. The van der Waals surface area contributed by atoms with E-state index in [2.05, 4.69) is 15.5 Å². The Kier molecular flexibility index (Phi) is 3.90. The van der Waals surface area contributed by atoms with Crippen molar-refractivity contribution in [1.82, 2.24) is 5.43 Å². The normalized spacial score (nSPS) is 15.2. The summed E-state index contributed by atoms with van der Waals surface area (Å²) in [6.07, 6.45) is -2.64. The molecule has 0 saturated heterocycles. The topological polar surface area (TPSA) is 36.8 Å². The molecule has 0 spiro atoms. The summed E-state index contributed by atoms with van der Waals surface area (Å²) < 4.78 is 37.0. The van der Waals surface area contributed by atoms with Gasteiger partial charge < -0.3 is 0 Å². The number of aliphatic imine (C=N–C) groups is 1. The van der Waals surface area contributed by atoms with Crippen LogP contribution in [0.3, 0.4) is 0 Å². The lowest BCUT2D eigenvalue weighted by Gasteiger charge is -2.08. The van der Waals surface area contributed by atoms with Crippen LogP contribution < -0.4 is 5.43 Å². The number of benzene rings is 1. The van der Waals surface area contributed by atoms with E-state index in [0.29, 0.717) is 12.4 Å². The van der Waals surface area contributed by atoms with Gasteiger partial charge in [0.15, 0.2) is 0 Å². The number of hydrogen-bond donors (Lipinski definition) is 1. The van der Waals surface area contributed by atoms with Gasteiger partial charge in [-0.1, -0.05) is 23.9 Å². The van der Waals surface area contributed by atoms with Crippen molar-refractivity contribution in [3.8, 4) is 0 Å². The molecule has 0 atom stereocenters. The maximum Gasteiger partial charge on any atom is 0.416 e. The van der Waals surface area contributed by atoms with Crippen LogP contribution in [-0.4, -0.2) is 17.9 Å². The van der Waals surface area contributed by atoms with Crippen molar-refractivity contribution in [2.24, 2.45) is 10.1 Å². The molecule has 1 aromatic rings. The molecule has 7 heteroatoms. The summed E-state index contributed by atoms with van der Waals surface area (Å²) in [7, 11) is 0. The summed E-state index contributed by atoms with van der Waals surface area (Å²) in [6, 6.07) is 5.13. The number of nitrogens with one attached hydrogen (secondary N) is 1. The highest BCUT2D eigenvalue weighted by atomic mass is 32.2. The van der Waals surface area contributed by atoms with Gasteiger partial charge in [0.1, 0.15) is 11.7 Å². The monoisotopic (exact) mass is 273 g/mol. The van der Waals surface area contributed by atoms with Gasteiger partial charge in [-0.25, -0.2) is 0 Å². The molecule has 0 fully saturated rings. The van der Waals surface area contributed by atoms with Crippen LogP contribution in [0.25, 0.3) is 0 Å². The SMILES string of the molecule is FC(F)(F)c1ccc(CSC2=NNCN=C2)cc1. The number of thioether (sulfide) groups is 1. The van der Waals surface area contributed by atoms with Crippen molar-refractivity contribution >= 4 is 23.0 Å². The number of alkyl halides is 3. The van der Waals surface area contributed by atoms with Crippen molar-refractivity contribution in [3.05, 3.63) is 35.4 Å². The lowest BCUT2D eigenvalue weighted by atomic mass is 10.1. The van der Waals surface area contributed by atoms with E-state index in [-0.39, 0.29) is 0 Å². The van der Waals surface area contributed by atoms with E-state index in [1.165, 1.54) is 23.9 Å². The fourth-order valence-electron chi connectivity index (χ4n) is 1.32. The first-order chi connectivity index (χ1) is 8.55. The van der Waals surface area contributed by atoms with Gasteiger partial charge >= 0.3 is 6.18 Å². The van der Waals surface area contributed by atoms with Crippen LogP contribution in [0.15, 0.2) is 34.4 Å². The van der Waals surface area contributed by atoms with Crippen LogP contribution in [0.2, 0.25) is 0 Å². The first kappa shape index (κ1) is 12.9. The molecule has 0 radical (unpaired) electrons. The molecule has 1 aromatic carbocycles. The number of nitrogens with zero attached hydrogens (tertiary/aromatic N) is 2. The van der Waals surface area contributed by atoms with Crippen LogP contribution in [0, 0.1) is 0 Å². The molecular weight excluding hydrogens is 263 g/mol. The van der Waals surface area contributed by atoms with Crippen LogP contribution in [0.5, 0.6) is 0 Å². The second kappa shape index (κ2) is 5.43. The highest BCUT2D eigenvalue weighted by Crippen LogP contribution is 2.29. The van der Waals surface area contributed by atoms with E-state index in [9.17, 15) is 13.2 Å². The third kappa shape index (κ3) is 3.49. The van der Waals surface area contributed by atoms with Gasteiger partial charge in [0.2, 0.25) is 0 Å². The Hall–Kier alpha value is -1.50.